The van der Waals surface area contributed by atoms with Crippen molar-refractivity contribution in [1.82, 2.24) is 9.97 Å². The summed E-state index contributed by atoms with van der Waals surface area (Å²) >= 11 is 0. The Morgan fingerprint density at radius 2 is 2.00 bits per heavy atom. The fourth-order valence-electron chi connectivity index (χ4n) is 2.05. The first kappa shape index (κ1) is 17.8. The van der Waals surface area contributed by atoms with E-state index in [9.17, 15) is 10.1 Å². The molecule has 9 heteroatoms. The Kier molecular flexibility index (Phi) is 5.58. The minimum Gasteiger partial charge on any atom is -0.490 e. The molecule has 130 valence electrons. The molecule has 0 unspecified atom stereocenters. The smallest absolute Gasteiger partial charge is 0.343 e. The zero-order chi connectivity index (χ0) is 18.4. The number of anilines is 2. The SMILES string of the molecule is CCOc1cc(-c2nc(N)nc(N)c2C#N)ccc1OCC(=O)OC. The van der Waals surface area contributed by atoms with Crippen molar-refractivity contribution in [3.05, 3.63) is 23.8 Å². The highest BCUT2D eigenvalue weighted by molar-refractivity contribution is 5.75. The molecule has 2 aromatic rings. The van der Waals surface area contributed by atoms with E-state index in [1.165, 1.54) is 7.11 Å². The molecule has 2 rings (SSSR count). The first-order valence-corrected chi connectivity index (χ1v) is 7.30. The number of esters is 1. The third-order valence-corrected chi connectivity index (χ3v) is 3.16. The number of aromatic nitrogens is 2. The fourth-order valence-corrected chi connectivity index (χ4v) is 2.05. The standard InChI is InChI=1S/C16H17N5O4/c1-3-24-12-6-9(4-5-11(12)25-8-13(22)23-2)14-10(7-17)15(18)21-16(19)20-14/h4-6H,3,8H2,1-2H3,(H4,18,19,20,21). The molecule has 0 aliphatic carbocycles. The van der Waals surface area contributed by atoms with Crippen LogP contribution in [0.4, 0.5) is 11.8 Å². The van der Waals surface area contributed by atoms with Crippen LogP contribution in [0.1, 0.15) is 12.5 Å². The summed E-state index contributed by atoms with van der Waals surface area (Å²) in [6.07, 6.45) is 0. The summed E-state index contributed by atoms with van der Waals surface area (Å²) in [7, 11) is 1.27. The Labute approximate surface area is 144 Å². The van der Waals surface area contributed by atoms with Crippen LogP contribution in [-0.4, -0.2) is 36.3 Å². The van der Waals surface area contributed by atoms with E-state index in [4.69, 9.17) is 20.9 Å². The number of nitrogens with zero attached hydrogens (tertiary/aromatic N) is 3. The zero-order valence-electron chi connectivity index (χ0n) is 13.8. The number of carbonyl (C=O) groups is 1. The molecule has 9 nitrogen and oxygen atoms in total. The molecule has 0 atom stereocenters. The Morgan fingerprint density at radius 1 is 1.24 bits per heavy atom. The molecule has 4 N–H and O–H groups in total. The van der Waals surface area contributed by atoms with Crippen LogP contribution in [0.2, 0.25) is 0 Å². The van der Waals surface area contributed by atoms with Crippen LogP contribution in [0.5, 0.6) is 11.5 Å². The van der Waals surface area contributed by atoms with E-state index in [0.29, 0.717) is 23.7 Å². The van der Waals surface area contributed by atoms with Gasteiger partial charge >= 0.3 is 5.97 Å². The average molecular weight is 343 g/mol. The van der Waals surface area contributed by atoms with Crippen LogP contribution in [0.25, 0.3) is 11.3 Å². The number of methoxy groups -OCH3 is 1. The van der Waals surface area contributed by atoms with Crippen molar-refractivity contribution in [2.75, 3.05) is 31.8 Å². The largest absolute Gasteiger partial charge is 0.490 e. The highest BCUT2D eigenvalue weighted by atomic mass is 16.6. The summed E-state index contributed by atoms with van der Waals surface area (Å²) in [5.74, 6) is 0.159. The van der Waals surface area contributed by atoms with Crippen molar-refractivity contribution in [1.29, 1.82) is 5.26 Å². The topological polar surface area (TPSA) is 146 Å². The zero-order valence-corrected chi connectivity index (χ0v) is 13.8. The summed E-state index contributed by atoms with van der Waals surface area (Å²) in [6.45, 7) is 1.92. The number of hydrogen-bond acceptors (Lipinski definition) is 9. The molecule has 0 aliphatic rings. The fraction of sp³-hybridized carbons (Fsp3) is 0.250. The van der Waals surface area contributed by atoms with Gasteiger partial charge in [0, 0.05) is 5.56 Å². The predicted molar refractivity (Wildman–Crippen MR) is 89.7 cm³/mol. The lowest BCUT2D eigenvalue weighted by Gasteiger charge is -2.13. The Bertz CT molecular complexity index is 832. The number of nitrogen functional groups attached to an aromatic ring is 2. The van der Waals surface area contributed by atoms with Gasteiger partial charge < -0.3 is 25.7 Å². The van der Waals surface area contributed by atoms with Crippen LogP contribution in [-0.2, 0) is 9.53 Å². The third-order valence-electron chi connectivity index (χ3n) is 3.16. The number of hydrogen-bond donors (Lipinski definition) is 2. The molecule has 0 spiro atoms. The predicted octanol–water partition coefficient (Wildman–Crippen LogP) is 1.13. The molecular weight excluding hydrogens is 326 g/mol. The second kappa shape index (κ2) is 7.83. The second-order valence-electron chi connectivity index (χ2n) is 4.76. The second-order valence-corrected chi connectivity index (χ2v) is 4.76. The molecule has 0 amide bonds. The minimum atomic E-state index is -0.519. The molecule has 0 saturated carbocycles. The van der Waals surface area contributed by atoms with Gasteiger partial charge in [-0.25, -0.2) is 9.78 Å². The molecule has 1 heterocycles. The molecular formula is C16H17N5O4. The van der Waals surface area contributed by atoms with Gasteiger partial charge in [0.05, 0.1) is 19.4 Å². The first-order valence-electron chi connectivity index (χ1n) is 7.30. The third kappa shape index (κ3) is 4.06. The van der Waals surface area contributed by atoms with Gasteiger partial charge in [-0.05, 0) is 25.1 Å². The summed E-state index contributed by atoms with van der Waals surface area (Å²) in [4.78, 5) is 19.1. The van der Waals surface area contributed by atoms with Crippen LogP contribution < -0.4 is 20.9 Å². The molecule has 0 fully saturated rings. The van der Waals surface area contributed by atoms with Gasteiger partial charge in [0.25, 0.3) is 0 Å². The Morgan fingerprint density at radius 3 is 2.64 bits per heavy atom. The number of nitrogens with two attached hydrogens (primary N) is 2. The maximum atomic E-state index is 11.2. The lowest BCUT2D eigenvalue weighted by atomic mass is 10.1. The van der Waals surface area contributed by atoms with Crippen molar-refractivity contribution in [3.63, 3.8) is 0 Å². The van der Waals surface area contributed by atoms with E-state index in [-0.39, 0.29) is 29.6 Å². The summed E-state index contributed by atoms with van der Waals surface area (Å²) in [5, 5.41) is 9.29. The Hall–Kier alpha value is -3.54. The van der Waals surface area contributed by atoms with Crippen LogP contribution in [0.3, 0.4) is 0 Å². The lowest BCUT2D eigenvalue weighted by Crippen LogP contribution is -2.13. The van der Waals surface area contributed by atoms with Gasteiger partial charge in [-0.3, -0.25) is 0 Å². The van der Waals surface area contributed by atoms with Gasteiger partial charge in [-0.2, -0.15) is 10.2 Å². The number of nitriles is 1. The van der Waals surface area contributed by atoms with Crippen molar-refractivity contribution < 1.29 is 19.0 Å². The Balaban J connectivity index is 2.46. The van der Waals surface area contributed by atoms with E-state index >= 15 is 0 Å². The summed E-state index contributed by atoms with van der Waals surface area (Å²) < 4.78 is 15.5. The van der Waals surface area contributed by atoms with Gasteiger partial charge in [0.1, 0.15) is 17.5 Å². The molecule has 0 aliphatic heterocycles. The minimum absolute atomic E-state index is 0.00558. The van der Waals surface area contributed by atoms with E-state index in [0.717, 1.165) is 0 Å². The summed E-state index contributed by atoms with van der Waals surface area (Å²) in [6, 6.07) is 6.83. The van der Waals surface area contributed by atoms with Gasteiger partial charge in [-0.15, -0.1) is 0 Å². The van der Waals surface area contributed by atoms with E-state index < -0.39 is 5.97 Å². The van der Waals surface area contributed by atoms with E-state index in [2.05, 4.69) is 14.7 Å². The highest BCUT2D eigenvalue weighted by Crippen LogP contribution is 2.34. The van der Waals surface area contributed by atoms with Gasteiger partial charge in [0.15, 0.2) is 18.1 Å². The normalized spacial score (nSPS) is 9.96. The van der Waals surface area contributed by atoms with E-state index in [1.807, 2.05) is 6.07 Å². The summed E-state index contributed by atoms with van der Waals surface area (Å²) in [5.41, 5.74) is 12.3. The molecule has 25 heavy (non-hydrogen) atoms. The molecule has 1 aromatic heterocycles. The molecule has 0 saturated heterocycles. The maximum Gasteiger partial charge on any atom is 0.343 e. The monoisotopic (exact) mass is 343 g/mol. The average Bonchev–Trinajstić information content (AvgIpc) is 2.60. The number of ether oxygens (including phenoxy) is 3. The van der Waals surface area contributed by atoms with Crippen molar-refractivity contribution in [3.8, 4) is 28.8 Å². The van der Waals surface area contributed by atoms with E-state index in [1.54, 1.807) is 25.1 Å². The van der Waals surface area contributed by atoms with Crippen LogP contribution >= 0.6 is 0 Å². The number of carbonyl (C=O) groups excluding carboxylic acids is 1. The highest BCUT2D eigenvalue weighted by Gasteiger charge is 2.16. The molecule has 1 aromatic carbocycles. The van der Waals surface area contributed by atoms with Gasteiger partial charge in [-0.1, -0.05) is 0 Å². The van der Waals surface area contributed by atoms with Crippen molar-refractivity contribution >= 4 is 17.7 Å². The quantitative estimate of drug-likeness (QED) is 0.736. The lowest BCUT2D eigenvalue weighted by molar-refractivity contribution is -0.142. The van der Waals surface area contributed by atoms with Crippen molar-refractivity contribution in [2.45, 2.75) is 6.92 Å². The van der Waals surface area contributed by atoms with Crippen LogP contribution in [0.15, 0.2) is 18.2 Å². The molecule has 0 bridgehead atoms. The number of rotatable bonds is 6. The number of benzene rings is 1. The maximum absolute atomic E-state index is 11.2. The van der Waals surface area contributed by atoms with Gasteiger partial charge in [0.2, 0.25) is 5.95 Å². The van der Waals surface area contributed by atoms with Crippen LogP contribution in [0, 0.1) is 11.3 Å². The molecule has 0 radical (unpaired) electrons. The van der Waals surface area contributed by atoms with Crippen molar-refractivity contribution in [2.24, 2.45) is 0 Å². The first-order chi connectivity index (χ1) is 12.0.